The molecule has 3 aromatic rings. The van der Waals surface area contributed by atoms with Crippen LogP contribution in [0.2, 0.25) is 0 Å². The summed E-state index contributed by atoms with van der Waals surface area (Å²) in [6, 6.07) is 11.1. The smallest absolute Gasteiger partial charge is 0.270 e. The number of pyridine rings is 1. The van der Waals surface area contributed by atoms with Crippen LogP contribution in [0.5, 0.6) is 0 Å². The molecule has 0 unspecified atom stereocenters. The van der Waals surface area contributed by atoms with Crippen molar-refractivity contribution < 1.29 is 22.0 Å². The number of nitrogens with zero attached hydrogens (tertiary/aromatic N) is 2. The number of aromatic nitrogens is 2. The van der Waals surface area contributed by atoms with Crippen LogP contribution >= 0.6 is 0 Å². The van der Waals surface area contributed by atoms with E-state index in [2.05, 4.69) is 4.98 Å². The van der Waals surface area contributed by atoms with Gasteiger partial charge in [0.05, 0.1) is 4.90 Å². The number of carbonyl (C=O) groups excluding carboxylic acids is 1. The molecule has 2 heterocycles. The lowest BCUT2D eigenvalue weighted by Crippen LogP contribution is -2.13. The second kappa shape index (κ2) is 7.03. The normalized spacial score (nSPS) is 12.1. The first kappa shape index (κ1) is 18.9. The van der Waals surface area contributed by atoms with E-state index in [1.54, 1.807) is 18.2 Å². The van der Waals surface area contributed by atoms with Crippen molar-refractivity contribution in [3.05, 3.63) is 83.9 Å². The summed E-state index contributed by atoms with van der Waals surface area (Å²) in [7, 11) is -4.04. The third-order valence-corrected chi connectivity index (χ3v) is 5.59. The van der Waals surface area contributed by atoms with Crippen molar-refractivity contribution in [2.75, 3.05) is 0 Å². The molecule has 0 saturated heterocycles. The molecule has 0 saturated carbocycles. The fourth-order valence-corrected chi connectivity index (χ4v) is 3.79. The molecule has 0 fully saturated rings. The summed E-state index contributed by atoms with van der Waals surface area (Å²) in [6.45, 7) is 0.704. The van der Waals surface area contributed by atoms with Crippen LogP contribution in [0.3, 0.4) is 0 Å². The summed E-state index contributed by atoms with van der Waals surface area (Å²) in [6.07, 6.45) is 4.06. The summed E-state index contributed by atoms with van der Waals surface area (Å²) < 4.78 is 53.3. The second-order valence-corrected chi connectivity index (χ2v) is 7.93. The Labute approximate surface area is 155 Å². The average Bonchev–Trinajstić information content (AvgIpc) is 3.11. The van der Waals surface area contributed by atoms with E-state index in [-0.39, 0.29) is 28.4 Å². The SMILES string of the molecule is CC(F)(F)c1cccc(S(=O)(=O)n2ccc(CC(=O)c3ccccn3)c2)c1. The molecule has 0 amide bonds. The largest absolute Gasteiger partial charge is 0.292 e. The molecule has 0 bridgehead atoms. The molecular weight excluding hydrogens is 374 g/mol. The second-order valence-electron chi connectivity index (χ2n) is 6.09. The Balaban J connectivity index is 1.86. The van der Waals surface area contributed by atoms with Crippen molar-refractivity contribution in [3.8, 4) is 0 Å². The van der Waals surface area contributed by atoms with Crippen molar-refractivity contribution in [2.45, 2.75) is 24.2 Å². The Morgan fingerprint density at radius 1 is 1.15 bits per heavy atom. The number of hydrogen-bond acceptors (Lipinski definition) is 4. The van der Waals surface area contributed by atoms with E-state index >= 15 is 0 Å². The molecule has 0 N–H and O–H groups in total. The van der Waals surface area contributed by atoms with Crippen LogP contribution in [0.4, 0.5) is 8.78 Å². The molecule has 0 aliphatic carbocycles. The van der Waals surface area contributed by atoms with E-state index in [0.29, 0.717) is 12.5 Å². The maximum atomic E-state index is 13.5. The van der Waals surface area contributed by atoms with Crippen LogP contribution in [0.1, 0.15) is 28.5 Å². The third kappa shape index (κ3) is 4.11. The first-order valence-electron chi connectivity index (χ1n) is 8.03. The lowest BCUT2D eigenvalue weighted by Gasteiger charge is -2.12. The quantitative estimate of drug-likeness (QED) is 0.603. The standard InChI is InChI=1S/C19H16F2N2O3S/c1-19(20,21)15-5-4-6-16(12-15)27(25,26)23-10-8-14(13-23)11-18(24)17-7-2-3-9-22-17/h2-10,12-13H,11H2,1H3. The lowest BCUT2D eigenvalue weighted by atomic mass is 10.1. The molecular formula is C19H16F2N2O3S. The van der Waals surface area contributed by atoms with Crippen LogP contribution in [-0.2, 0) is 22.4 Å². The van der Waals surface area contributed by atoms with Gasteiger partial charge in [0.25, 0.3) is 15.9 Å². The van der Waals surface area contributed by atoms with Crippen LogP contribution in [0, 0.1) is 0 Å². The molecule has 27 heavy (non-hydrogen) atoms. The highest BCUT2D eigenvalue weighted by atomic mass is 32.2. The van der Waals surface area contributed by atoms with Crippen LogP contribution in [0.15, 0.2) is 72.0 Å². The number of hydrogen-bond donors (Lipinski definition) is 0. The van der Waals surface area contributed by atoms with Gasteiger partial charge in [0, 0.05) is 37.5 Å². The Hall–Kier alpha value is -2.87. The fourth-order valence-electron chi connectivity index (χ4n) is 2.53. The van der Waals surface area contributed by atoms with E-state index in [4.69, 9.17) is 0 Å². The molecule has 0 aliphatic heterocycles. The van der Waals surface area contributed by atoms with Crippen molar-refractivity contribution in [1.29, 1.82) is 0 Å². The van der Waals surface area contributed by atoms with Gasteiger partial charge in [0.1, 0.15) is 5.69 Å². The molecule has 2 aromatic heterocycles. The third-order valence-electron chi connectivity index (χ3n) is 3.96. The highest BCUT2D eigenvalue weighted by Crippen LogP contribution is 2.29. The fraction of sp³-hybridized carbons (Fsp3) is 0.158. The summed E-state index contributed by atoms with van der Waals surface area (Å²) in [4.78, 5) is 15.9. The molecule has 0 spiro atoms. The lowest BCUT2D eigenvalue weighted by molar-refractivity contribution is 0.0172. The van der Waals surface area contributed by atoms with E-state index in [0.717, 1.165) is 10.0 Å². The van der Waals surface area contributed by atoms with E-state index in [1.165, 1.54) is 42.9 Å². The number of halogens is 2. The van der Waals surface area contributed by atoms with Crippen molar-refractivity contribution in [1.82, 2.24) is 8.96 Å². The monoisotopic (exact) mass is 390 g/mol. The van der Waals surface area contributed by atoms with E-state index in [1.807, 2.05) is 0 Å². The van der Waals surface area contributed by atoms with Gasteiger partial charge >= 0.3 is 0 Å². The van der Waals surface area contributed by atoms with Crippen molar-refractivity contribution in [2.24, 2.45) is 0 Å². The average molecular weight is 390 g/mol. The van der Waals surface area contributed by atoms with Gasteiger partial charge in [-0.15, -0.1) is 0 Å². The molecule has 0 atom stereocenters. The van der Waals surface area contributed by atoms with Gasteiger partial charge < -0.3 is 0 Å². The Morgan fingerprint density at radius 2 is 1.93 bits per heavy atom. The number of carbonyl (C=O) groups is 1. The maximum Gasteiger partial charge on any atom is 0.270 e. The number of alkyl halides is 2. The summed E-state index contributed by atoms with van der Waals surface area (Å²) in [5.74, 6) is -3.40. The predicted octanol–water partition coefficient (Wildman–Crippen LogP) is 3.66. The number of benzene rings is 1. The van der Waals surface area contributed by atoms with Crippen molar-refractivity contribution >= 4 is 15.8 Å². The molecule has 0 radical (unpaired) electrons. The number of rotatable bonds is 6. The minimum Gasteiger partial charge on any atom is -0.292 e. The molecule has 8 heteroatoms. The van der Waals surface area contributed by atoms with Gasteiger partial charge in [-0.3, -0.25) is 9.78 Å². The Kier molecular flexibility index (Phi) is 4.93. The zero-order valence-electron chi connectivity index (χ0n) is 14.3. The van der Waals surface area contributed by atoms with Gasteiger partial charge in [-0.2, -0.15) is 0 Å². The van der Waals surface area contributed by atoms with E-state index in [9.17, 15) is 22.0 Å². The molecule has 0 aliphatic rings. The van der Waals surface area contributed by atoms with Gasteiger partial charge in [0.2, 0.25) is 0 Å². The number of ketones is 1. The Morgan fingerprint density at radius 3 is 2.59 bits per heavy atom. The summed E-state index contributed by atoms with van der Waals surface area (Å²) in [5.41, 5.74) is 0.374. The highest BCUT2D eigenvalue weighted by molar-refractivity contribution is 7.90. The molecule has 140 valence electrons. The topological polar surface area (TPSA) is 69.0 Å². The highest BCUT2D eigenvalue weighted by Gasteiger charge is 2.27. The molecule has 5 nitrogen and oxygen atoms in total. The van der Waals surface area contributed by atoms with Crippen LogP contribution in [0.25, 0.3) is 0 Å². The van der Waals surface area contributed by atoms with Crippen molar-refractivity contribution in [3.63, 3.8) is 0 Å². The first-order chi connectivity index (χ1) is 12.7. The molecule has 3 rings (SSSR count). The van der Waals surface area contributed by atoms with Gasteiger partial charge in [-0.05, 0) is 35.9 Å². The van der Waals surface area contributed by atoms with Crippen LogP contribution in [-0.4, -0.2) is 23.2 Å². The summed E-state index contributed by atoms with van der Waals surface area (Å²) in [5, 5.41) is 0. The first-order valence-corrected chi connectivity index (χ1v) is 9.47. The predicted molar refractivity (Wildman–Crippen MR) is 95.3 cm³/mol. The number of Topliss-reactive ketones (excluding diaryl/α,β-unsaturated/α-hetero) is 1. The zero-order valence-corrected chi connectivity index (χ0v) is 15.2. The summed E-state index contributed by atoms with van der Waals surface area (Å²) >= 11 is 0. The Bertz CT molecular complexity index is 1070. The van der Waals surface area contributed by atoms with Crippen LogP contribution < -0.4 is 0 Å². The van der Waals surface area contributed by atoms with E-state index < -0.39 is 15.9 Å². The van der Waals surface area contributed by atoms with Gasteiger partial charge in [0.15, 0.2) is 5.78 Å². The minimum atomic E-state index is -4.04. The van der Waals surface area contributed by atoms with Gasteiger partial charge in [-0.1, -0.05) is 18.2 Å². The molecule has 1 aromatic carbocycles. The minimum absolute atomic E-state index is 0.0212. The van der Waals surface area contributed by atoms with Gasteiger partial charge in [-0.25, -0.2) is 21.2 Å². The zero-order chi connectivity index (χ0) is 19.7. The maximum absolute atomic E-state index is 13.5.